The maximum atomic E-state index is 13.0. The number of methoxy groups -OCH3 is 1. The van der Waals surface area contributed by atoms with Crippen LogP contribution < -0.4 is 5.32 Å². The highest BCUT2D eigenvalue weighted by atomic mass is 19.1. The van der Waals surface area contributed by atoms with Gasteiger partial charge in [0, 0.05) is 32.4 Å². The van der Waals surface area contributed by atoms with Gasteiger partial charge in [-0.25, -0.2) is 4.39 Å². The Balaban J connectivity index is 2.40. The van der Waals surface area contributed by atoms with Crippen molar-refractivity contribution in [3.05, 3.63) is 29.6 Å². The summed E-state index contributed by atoms with van der Waals surface area (Å²) in [6.07, 6.45) is 0. The molecule has 1 rings (SSSR count). The molecule has 0 fully saturated rings. The summed E-state index contributed by atoms with van der Waals surface area (Å²) in [7, 11) is 1.66. The molecule has 0 spiro atoms. The summed E-state index contributed by atoms with van der Waals surface area (Å²) in [5.41, 5.74) is 0.574. The number of hydrogen-bond donors (Lipinski definition) is 2. The molecular weight excluding hydrogens is 209 g/mol. The lowest BCUT2D eigenvalue weighted by Gasteiger charge is -2.12. The van der Waals surface area contributed by atoms with Crippen LogP contribution in [0.4, 0.5) is 4.39 Å². The Morgan fingerprint density at radius 3 is 2.94 bits per heavy atom. The largest absolute Gasteiger partial charge is 0.505 e. The van der Waals surface area contributed by atoms with Crippen molar-refractivity contribution in [3.63, 3.8) is 0 Å². The minimum atomic E-state index is -0.579. The maximum Gasteiger partial charge on any atom is 0.165 e. The first-order valence-corrected chi connectivity index (χ1v) is 5.31. The monoisotopic (exact) mass is 227 g/mol. The van der Waals surface area contributed by atoms with Crippen LogP contribution >= 0.6 is 0 Å². The highest BCUT2D eigenvalue weighted by Crippen LogP contribution is 2.20. The van der Waals surface area contributed by atoms with Crippen molar-refractivity contribution >= 4 is 0 Å². The molecule has 1 aromatic carbocycles. The summed E-state index contributed by atoms with van der Waals surface area (Å²) >= 11 is 0. The van der Waals surface area contributed by atoms with E-state index in [1.54, 1.807) is 19.2 Å². The predicted octanol–water partition coefficient (Wildman–Crippen LogP) is 1.90. The van der Waals surface area contributed by atoms with Gasteiger partial charge in [0.15, 0.2) is 11.6 Å². The van der Waals surface area contributed by atoms with Crippen LogP contribution in [0.5, 0.6) is 5.75 Å². The molecule has 90 valence electrons. The standard InChI is InChI=1S/C12H18FNO2/c1-9(8-16-2)6-14-7-10-4-3-5-11(13)12(10)15/h3-5,9,14-15H,6-8H2,1-2H3. The molecule has 0 saturated carbocycles. The minimum Gasteiger partial charge on any atom is -0.505 e. The number of phenols is 1. The van der Waals surface area contributed by atoms with Crippen molar-refractivity contribution in [2.24, 2.45) is 5.92 Å². The number of ether oxygens (including phenoxy) is 1. The lowest BCUT2D eigenvalue weighted by atomic mass is 10.1. The first-order valence-electron chi connectivity index (χ1n) is 5.31. The van der Waals surface area contributed by atoms with Gasteiger partial charge in [-0.1, -0.05) is 19.1 Å². The molecule has 16 heavy (non-hydrogen) atoms. The number of halogens is 1. The van der Waals surface area contributed by atoms with Gasteiger partial charge in [-0.3, -0.25) is 0 Å². The van der Waals surface area contributed by atoms with Crippen molar-refractivity contribution < 1.29 is 14.2 Å². The molecule has 2 N–H and O–H groups in total. The van der Waals surface area contributed by atoms with Gasteiger partial charge in [-0.2, -0.15) is 0 Å². The Kier molecular flexibility index (Phi) is 5.22. The Morgan fingerprint density at radius 2 is 2.25 bits per heavy atom. The topological polar surface area (TPSA) is 41.5 Å². The fourth-order valence-electron chi connectivity index (χ4n) is 1.50. The van der Waals surface area contributed by atoms with E-state index in [0.29, 0.717) is 24.6 Å². The van der Waals surface area contributed by atoms with E-state index in [1.807, 2.05) is 0 Å². The molecule has 0 aliphatic carbocycles. The second-order valence-corrected chi connectivity index (χ2v) is 3.94. The van der Waals surface area contributed by atoms with Gasteiger partial charge in [0.2, 0.25) is 0 Å². The summed E-state index contributed by atoms with van der Waals surface area (Å²) < 4.78 is 18.0. The van der Waals surface area contributed by atoms with E-state index >= 15 is 0 Å². The van der Waals surface area contributed by atoms with E-state index in [2.05, 4.69) is 12.2 Å². The Labute approximate surface area is 95.2 Å². The number of rotatable bonds is 6. The molecule has 0 saturated heterocycles. The van der Waals surface area contributed by atoms with Gasteiger partial charge in [-0.15, -0.1) is 0 Å². The number of benzene rings is 1. The molecule has 4 heteroatoms. The van der Waals surface area contributed by atoms with E-state index in [0.717, 1.165) is 6.54 Å². The SMILES string of the molecule is COCC(C)CNCc1cccc(F)c1O. The van der Waals surface area contributed by atoms with E-state index < -0.39 is 5.82 Å². The summed E-state index contributed by atoms with van der Waals surface area (Å²) in [6, 6.07) is 4.53. The van der Waals surface area contributed by atoms with Crippen molar-refractivity contribution in [3.8, 4) is 5.75 Å². The van der Waals surface area contributed by atoms with Gasteiger partial charge in [-0.05, 0) is 12.0 Å². The van der Waals surface area contributed by atoms with Crippen LogP contribution in [0.1, 0.15) is 12.5 Å². The first-order chi connectivity index (χ1) is 7.65. The van der Waals surface area contributed by atoms with Gasteiger partial charge in [0.1, 0.15) is 0 Å². The summed E-state index contributed by atoms with van der Waals surface area (Å²) in [5, 5.41) is 12.6. The molecule has 1 aromatic rings. The van der Waals surface area contributed by atoms with Crippen molar-refractivity contribution in [1.82, 2.24) is 5.32 Å². The van der Waals surface area contributed by atoms with Crippen LogP contribution in [0, 0.1) is 11.7 Å². The number of hydrogen-bond acceptors (Lipinski definition) is 3. The Bertz CT molecular complexity index is 331. The van der Waals surface area contributed by atoms with Crippen LogP contribution in [-0.2, 0) is 11.3 Å². The van der Waals surface area contributed by atoms with Gasteiger partial charge in [0.05, 0.1) is 0 Å². The smallest absolute Gasteiger partial charge is 0.165 e. The number of para-hydroxylation sites is 1. The molecule has 0 radical (unpaired) electrons. The minimum absolute atomic E-state index is 0.269. The Morgan fingerprint density at radius 1 is 1.50 bits per heavy atom. The first kappa shape index (κ1) is 12.9. The van der Waals surface area contributed by atoms with Crippen LogP contribution in [0.15, 0.2) is 18.2 Å². The summed E-state index contributed by atoms with van der Waals surface area (Å²) in [5.74, 6) is -0.459. The lowest BCUT2D eigenvalue weighted by molar-refractivity contribution is 0.158. The molecule has 0 amide bonds. The van der Waals surface area contributed by atoms with Crippen molar-refractivity contribution in [1.29, 1.82) is 0 Å². The molecule has 0 bridgehead atoms. The molecule has 0 heterocycles. The molecule has 0 aliphatic heterocycles. The van der Waals surface area contributed by atoms with Crippen LogP contribution in [0.25, 0.3) is 0 Å². The zero-order chi connectivity index (χ0) is 12.0. The normalized spacial score (nSPS) is 12.7. The van der Waals surface area contributed by atoms with Crippen LogP contribution in [0.2, 0.25) is 0 Å². The molecule has 0 aromatic heterocycles. The highest BCUT2D eigenvalue weighted by Gasteiger charge is 2.06. The molecule has 1 atom stereocenters. The molecule has 0 aliphatic rings. The average Bonchev–Trinajstić information content (AvgIpc) is 2.25. The van der Waals surface area contributed by atoms with Crippen LogP contribution in [-0.4, -0.2) is 25.4 Å². The average molecular weight is 227 g/mol. The van der Waals surface area contributed by atoms with Crippen molar-refractivity contribution in [2.75, 3.05) is 20.3 Å². The van der Waals surface area contributed by atoms with E-state index in [9.17, 15) is 9.50 Å². The van der Waals surface area contributed by atoms with Gasteiger partial charge < -0.3 is 15.2 Å². The fourth-order valence-corrected chi connectivity index (χ4v) is 1.50. The number of aromatic hydroxyl groups is 1. The third-order valence-electron chi connectivity index (χ3n) is 2.33. The second-order valence-electron chi connectivity index (χ2n) is 3.94. The van der Waals surface area contributed by atoms with Crippen LogP contribution in [0.3, 0.4) is 0 Å². The van der Waals surface area contributed by atoms with Gasteiger partial charge >= 0.3 is 0 Å². The number of nitrogens with one attached hydrogen (secondary N) is 1. The van der Waals surface area contributed by atoms with Gasteiger partial charge in [0.25, 0.3) is 0 Å². The van der Waals surface area contributed by atoms with Crippen molar-refractivity contribution in [2.45, 2.75) is 13.5 Å². The van der Waals surface area contributed by atoms with E-state index in [-0.39, 0.29) is 5.75 Å². The second kappa shape index (κ2) is 6.45. The number of phenolic OH excluding ortho intramolecular Hbond substituents is 1. The van der Waals surface area contributed by atoms with E-state index in [1.165, 1.54) is 6.07 Å². The third-order valence-corrected chi connectivity index (χ3v) is 2.33. The summed E-state index contributed by atoms with van der Waals surface area (Å²) in [6.45, 7) is 3.96. The molecule has 1 unspecified atom stereocenters. The zero-order valence-corrected chi connectivity index (χ0v) is 9.66. The van der Waals surface area contributed by atoms with E-state index in [4.69, 9.17) is 4.74 Å². The molecule has 3 nitrogen and oxygen atoms in total. The lowest BCUT2D eigenvalue weighted by Crippen LogP contribution is -2.23. The fraction of sp³-hybridized carbons (Fsp3) is 0.500. The highest BCUT2D eigenvalue weighted by molar-refractivity contribution is 5.33. The predicted molar refractivity (Wildman–Crippen MR) is 60.8 cm³/mol. The maximum absolute atomic E-state index is 13.0. The zero-order valence-electron chi connectivity index (χ0n) is 9.66. The summed E-state index contributed by atoms with van der Waals surface area (Å²) in [4.78, 5) is 0. The Hall–Kier alpha value is -1.13. The quantitative estimate of drug-likeness (QED) is 0.780. The molecular formula is C12H18FNO2. The third kappa shape index (κ3) is 3.79.